The summed E-state index contributed by atoms with van der Waals surface area (Å²) < 4.78 is 33.3. The third kappa shape index (κ3) is 3.78. The van der Waals surface area contributed by atoms with E-state index in [0.29, 0.717) is 21.9 Å². The summed E-state index contributed by atoms with van der Waals surface area (Å²) in [4.78, 5) is 0.292. The minimum absolute atomic E-state index is 0.0606. The van der Waals surface area contributed by atoms with Gasteiger partial charge in [0.05, 0.1) is 11.4 Å². The normalized spacial score (nSPS) is 11.6. The van der Waals surface area contributed by atoms with Crippen LogP contribution < -0.4 is 4.72 Å². The molecule has 0 bridgehead atoms. The SMILES string of the molecule is Cc1cc(C)c(S(=O)(=O)NCc2nnc(-c3ccccc3)o2)c(C)c1. The number of aromatic nitrogens is 2. The Morgan fingerprint density at radius 1 is 1.00 bits per heavy atom. The number of nitrogens with one attached hydrogen (secondary N) is 1. The van der Waals surface area contributed by atoms with E-state index < -0.39 is 10.0 Å². The van der Waals surface area contributed by atoms with Crippen LogP contribution in [-0.4, -0.2) is 18.6 Å². The van der Waals surface area contributed by atoms with E-state index in [4.69, 9.17) is 4.42 Å². The van der Waals surface area contributed by atoms with Crippen LogP contribution in [0.4, 0.5) is 0 Å². The fraction of sp³-hybridized carbons (Fsp3) is 0.222. The number of rotatable bonds is 5. The summed E-state index contributed by atoms with van der Waals surface area (Å²) in [6.45, 7) is 5.45. The molecule has 1 heterocycles. The molecule has 6 nitrogen and oxygen atoms in total. The van der Waals surface area contributed by atoms with E-state index >= 15 is 0 Å². The zero-order valence-corrected chi connectivity index (χ0v) is 15.1. The summed E-state index contributed by atoms with van der Waals surface area (Å²) >= 11 is 0. The first-order chi connectivity index (χ1) is 11.9. The summed E-state index contributed by atoms with van der Waals surface area (Å²) in [5.74, 6) is 0.572. The van der Waals surface area contributed by atoms with E-state index in [2.05, 4.69) is 14.9 Å². The number of aryl methyl sites for hydroxylation is 3. The fourth-order valence-electron chi connectivity index (χ4n) is 2.84. The highest BCUT2D eigenvalue weighted by Crippen LogP contribution is 2.22. The Kier molecular flexibility index (Phi) is 4.69. The Morgan fingerprint density at radius 2 is 1.64 bits per heavy atom. The first-order valence-corrected chi connectivity index (χ1v) is 9.30. The topological polar surface area (TPSA) is 85.1 Å². The minimum Gasteiger partial charge on any atom is -0.419 e. The van der Waals surface area contributed by atoms with Gasteiger partial charge in [0.1, 0.15) is 0 Å². The van der Waals surface area contributed by atoms with E-state index in [1.165, 1.54) is 0 Å². The number of benzene rings is 2. The monoisotopic (exact) mass is 357 g/mol. The van der Waals surface area contributed by atoms with E-state index in [0.717, 1.165) is 11.1 Å². The van der Waals surface area contributed by atoms with Gasteiger partial charge in [-0.05, 0) is 44.0 Å². The second kappa shape index (κ2) is 6.78. The predicted octanol–water partition coefficient (Wildman–Crippen LogP) is 3.14. The van der Waals surface area contributed by atoms with Crippen LogP contribution in [0.5, 0.6) is 0 Å². The lowest BCUT2D eigenvalue weighted by atomic mass is 10.1. The third-order valence-electron chi connectivity index (χ3n) is 3.77. The van der Waals surface area contributed by atoms with Crippen molar-refractivity contribution in [2.24, 2.45) is 0 Å². The first-order valence-electron chi connectivity index (χ1n) is 7.82. The molecular weight excluding hydrogens is 338 g/mol. The lowest BCUT2D eigenvalue weighted by molar-refractivity contribution is 0.494. The van der Waals surface area contributed by atoms with Crippen LogP contribution in [0.15, 0.2) is 51.8 Å². The van der Waals surface area contributed by atoms with Gasteiger partial charge in [-0.2, -0.15) is 0 Å². The maximum atomic E-state index is 12.6. The zero-order chi connectivity index (χ0) is 18.0. The summed E-state index contributed by atoms with van der Waals surface area (Å²) in [5.41, 5.74) is 3.23. The molecule has 7 heteroatoms. The van der Waals surface area contributed by atoms with Crippen molar-refractivity contribution in [1.82, 2.24) is 14.9 Å². The van der Waals surface area contributed by atoms with Crippen molar-refractivity contribution >= 4 is 10.0 Å². The number of hydrogen-bond donors (Lipinski definition) is 1. The molecule has 1 N–H and O–H groups in total. The minimum atomic E-state index is -3.67. The van der Waals surface area contributed by atoms with E-state index in [1.54, 1.807) is 13.8 Å². The molecular formula is C18H19N3O3S. The largest absolute Gasteiger partial charge is 0.419 e. The van der Waals surface area contributed by atoms with Crippen LogP contribution >= 0.6 is 0 Å². The Labute approximate surface area is 147 Å². The molecule has 0 fully saturated rings. The van der Waals surface area contributed by atoms with Crippen molar-refractivity contribution in [1.29, 1.82) is 0 Å². The standard InChI is InChI=1S/C18H19N3O3S/c1-12-9-13(2)17(14(3)10-12)25(22,23)19-11-16-20-21-18(24-16)15-7-5-4-6-8-15/h4-10,19H,11H2,1-3H3. The van der Waals surface area contributed by atoms with Crippen molar-refractivity contribution in [3.05, 3.63) is 65.0 Å². The molecule has 2 aromatic carbocycles. The average molecular weight is 357 g/mol. The van der Waals surface area contributed by atoms with Crippen LogP contribution in [0.1, 0.15) is 22.6 Å². The van der Waals surface area contributed by atoms with Gasteiger partial charge in [-0.3, -0.25) is 0 Å². The highest BCUT2D eigenvalue weighted by molar-refractivity contribution is 7.89. The summed E-state index contributed by atoms with van der Waals surface area (Å²) in [5, 5.41) is 7.86. The van der Waals surface area contributed by atoms with Gasteiger partial charge in [0.15, 0.2) is 0 Å². The molecule has 0 saturated heterocycles. The summed E-state index contributed by atoms with van der Waals surface area (Å²) in [7, 11) is -3.67. The van der Waals surface area contributed by atoms with Gasteiger partial charge in [-0.1, -0.05) is 35.9 Å². The number of sulfonamides is 1. The quantitative estimate of drug-likeness (QED) is 0.758. The Bertz CT molecular complexity index is 972. The second-order valence-corrected chi connectivity index (χ2v) is 7.62. The molecule has 0 aliphatic carbocycles. The highest BCUT2D eigenvalue weighted by Gasteiger charge is 2.21. The summed E-state index contributed by atoms with van der Waals surface area (Å²) in [6.07, 6.45) is 0. The van der Waals surface area contributed by atoms with Crippen molar-refractivity contribution in [3.63, 3.8) is 0 Å². The van der Waals surface area contributed by atoms with Gasteiger partial charge in [0.25, 0.3) is 0 Å². The lowest BCUT2D eigenvalue weighted by Gasteiger charge is -2.12. The van der Waals surface area contributed by atoms with Crippen molar-refractivity contribution in [3.8, 4) is 11.5 Å². The summed E-state index contributed by atoms with van der Waals surface area (Å²) in [6, 6.07) is 13.0. The molecule has 0 saturated carbocycles. The molecule has 0 spiro atoms. The molecule has 130 valence electrons. The Balaban J connectivity index is 1.79. The maximum Gasteiger partial charge on any atom is 0.247 e. The van der Waals surface area contributed by atoms with Gasteiger partial charge in [0, 0.05) is 5.56 Å². The smallest absolute Gasteiger partial charge is 0.247 e. The predicted molar refractivity (Wildman–Crippen MR) is 94.4 cm³/mol. The van der Waals surface area contributed by atoms with Crippen molar-refractivity contribution < 1.29 is 12.8 Å². The van der Waals surface area contributed by atoms with E-state index in [1.807, 2.05) is 49.4 Å². The van der Waals surface area contributed by atoms with Gasteiger partial charge in [0.2, 0.25) is 21.8 Å². The van der Waals surface area contributed by atoms with Crippen LogP contribution in [0, 0.1) is 20.8 Å². The van der Waals surface area contributed by atoms with E-state index in [-0.39, 0.29) is 12.4 Å². The second-order valence-electron chi connectivity index (χ2n) is 5.92. The molecule has 0 radical (unpaired) electrons. The van der Waals surface area contributed by atoms with Gasteiger partial charge in [-0.15, -0.1) is 10.2 Å². The van der Waals surface area contributed by atoms with Crippen molar-refractivity contribution in [2.75, 3.05) is 0 Å². The highest BCUT2D eigenvalue weighted by atomic mass is 32.2. The lowest BCUT2D eigenvalue weighted by Crippen LogP contribution is -2.25. The van der Waals surface area contributed by atoms with Crippen LogP contribution in [0.2, 0.25) is 0 Å². The average Bonchev–Trinajstić information content (AvgIpc) is 3.02. The molecule has 0 atom stereocenters. The van der Waals surface area contributed by atoms with Crippen LogP contribution in [-0.2, 0) is 16.6 Å². The molecule has 3 aromatic rings. The number of nitrogens with zero attached hydrogens (tertiary/aromatic N) is 2. The molecule has 3 rings (SSSR count). The molecule has 0 unspecified atom stereocenters. The molecule has 0 aliphatic rings. The van der Waals surface area contributed by atoms with Gasteiger partial charge < -0.3 is 4.42 Å². The third-order valence-corrected chi connectivity index (χ3v) is 5.48. The maximum absolute atomic E-state index is 12.6. The Morgan fingerprint density at radius 3 is 2.28 bits per heavy atom. The molecule has 25 heavy (non-hydrogen) atoms. The zero-order valence-electron chi connectivity index (χ0n) is 14.3. The van der Waals surface area contributed by atoms with Crippen LogP contribution in [0.3, 0.4) is 0 Å². The van der Waals surface area contributed by atoms with Crippen molar-refractivity contribution in [2.45, 2.75) is 32.2 Å². The first kappa shape index (κ1) is 17.3. The fourth-order valence-corrected chi connectivity index (χ4v) is 4.27. The molecule has 0 aliphatic heterocycles. The Hall–Kier alpha value is -2.51. The van der Waals surface area contributed by atoms with Gasteiger partial charge >= 0.3 is 0 Å². The van der Waals surface area contributed by atoms with Gasteiger partial charge in [-0.25, -0.2) is 13.1 Å². The van der Waals surface area contributed by atoms with E-state index in [9.17, 15) is 8.42 Å². The molecule has 1 aromatic heterocycles. The van der Waals surface area contributed by atoms with Crippen LogP contribution in [0.25, 0.3) is 11.5 Å². The molecule has 0 amide bonds. The number of hydrogen-bond acceptors (Lipinski definition) is 5.